The topological polar surface area (TPSA) is 105 Å². The van der Waals surface area contributed by atoms with Gasteiger partial charge in [0.25, 0.3) is 0 Å². The molecule has 0 aromatic carbocycles. The maximum Gasteiger partial charge on any atom is 0.407 e. The molecular formula is C14H26N6O2. The summed E-state index contributed by atoms with van der Waals surface area (Å²) in [7, 11) is 0. The van der Waals surface area contributed by atoms with Crippen molar-refractivity contribution in [1.29, 1.82) is 0 Å². The zero-order valence-corrected chi connectivity index (χ0v) is 13.6. The molecule has 1 aliphatic rings. The van der Waals surface area contributed by atoms with Crippen LogP contribution in [-0.2, 0) is 11.3 Å². The Balaban J connectivity index is 1.78. The van der Waals surface area contributed by atoms with Gasteiger partial charge in [-0.2, -0.15) is 5.21 Å². The number of carbonyl (C=O) groups excluding carboxylic acids is 1. The van der Waals surface area contributed by atoms with Gasteiger partial charge in [-0.25, -0.2) is 4.79 Å². The van der Waals surface area contributed by atoms with E-state index in [2.05, 4.69) is 31.3 Å². The van der Waals surface area contributed by atoms with E-state index in [1.54, 1.807) is 0 Å². The molecule has 1 amide bonds. The summed E-state index contributed by atoms with van der Waals surface area (Å²) < 4.78 is 5.28. The van der Waals surface area contributed by atoms with Crippen LogP contribution < -0.4 is 10.6 Å². The SMILES string of the molecule is CC(C)(C)OC(=O)NCC1CCCCC1NCc1nn[nH]n1. The Morgan fingerprint density at radius 2 is 2.14 bits per heavy atom. The largest absolute Gasteiger partial charge is 0.444 e. The average Bonchev–Trinajstić information content (AvgIpc) is 2.95. The van der Waals surface area contributed by atoms with Crippen molar-refractivity contribution in [2.75, 3.05) is 6.54 Å². The minimum absolute atomic E-state index is 0.349. The van der Waals surface area contributed by atoms with E-state index in [0.29, 0.717) is 30.9 Å². The molecule has 1 fully saturated rings. The van der Waals surface area contributed by atoms with Crippen molar-refractivity contribution < 1.29 is 9.53 Å². The molecule has 8 nitrogen and oxygen atoms in total. The molecule has 22 heavy (non-hydrogen) atoms. The highest BCUT2D eigenvalue weighted by molar-refractivity contribution is 5.67. The zero-order valence-electron chi connectivity index (χ0n) is 13.6. The van der Waals surface area contributed by atoms with Gasteiger partial charge in [0.15, 0.2) is 5.82 Å². The van der Waals surface area contributed by atoms with Crippen LogP contribution >= 0.6 is 0 Å². The summed E-state index contributed by atoms with van der Waals surface area (Å²) in [5, 5.41) is 20.2. The predicted octanol–water partition coefficient (Wildman–Crippen LogP) is 1.37. The van der Waals surface area contributed by atoms with Crippen LogP contribution in [0.3, 0.4) is 0 Å². The van der Waals surface area contributed by atoms with Gasteiger partial charge in [-0.05, 0) is 39.5 Å². The van der Waals surface area contributed by atoms with E-state index in [4.69, 9.17) is 4.74 Å². The average molecular weight is 310 g/mol. The lowest BCUT2D eigenvalue weighted by molar-refractivity contribution is 0.0510. The van der Waals surface area contributed by atoms with E-state index in [1.165, 1.54) is 12.8 Å². The third kappa shape index (κ3) is 5.59. The summed E-state index contributed by atoms with van der Waals surface area (Å²) in [6.07, 6.45) is 4.24. The zero-order chi connectivity index (χ0) is 16.0. The van der Waals surface area contributed by atoms with Crippen LogP contribution in [0.15, 0.2) is 0 Å². The normalized spacial score (nSPS) is 22.3. The Morgan fingerprint density at radius 1 is 1.36 bits per heavy atom. The number of aromatic amines is 1. The number of nitrogens with one attached hydrogen (secondary N) is 3. The first kappa shape index (κ1) is 16.7. The molecule has 8 heteroatoms. The van der Waals surface area contributed by atoms with Gasteiger partial charge in [0.1, 0.15) is 5.60 Å². The smallest absolute Gasteiger partial charge is 0.407 e. The molecule has 2 unspecified atom stereocenters. The third-order valence-electron chi connectivity index (χ3n) is 3.73. The maximum atomic E-state index is 11.8. The molecule has 0 bridgehead atoms. The first-order valence-electron chi connectivity index (χ1n) is 7.86. The predicted molar refractivity (Wildman–Crippen MR) is 81.0 cm³/mol. The van der Waals surface area contributed by atoms with Crippen molar-refractivity contribution >= 4 is 6.09 Å². The molecular weight excluding hydrogens is 284 g/mol. The summed E-state index contributed by atoms with van der Waals surface area (Å²) in [5.74, 6) is 1.05. The van der Waals surface area contributed by atoms with Crippen LogP contribution in [-0.4, -0.2) is 44.9 Å². The van der Waals surface area contributed by atoms with Gasteiger partial charge in [-0.3, -0.25) is 0 Å². The van der Waals surface area contributed by atoms with Gasteiger partial charge in [0.05, 0.1) is 6.54 Å². The summed E-state index contributed by atoms with van der Waals surface area (Å²) in [6, 6.07) is 0.349. The summed E-state index contributed by atoms with van der Waals surface area (Å²) in [4.78, 5) is 11.8. The monoisotopic (exact) mass is 310 g/mol. The second-order valence-corrected chi connectivity index (χ2v) is 6.74. The van der Waals surface area contributed by atoms with Crippen molar-refractivity contribution in [1.82, 2.24) is 31.3 Å². The molecule has 1 saturated carbocycles. The quantitative estimate of drug-likeness (QED) is 0.758. The Kier molecular flexibility index (Phi) is 5.70. The van der Waals surface area contributed by atoms with Crippen molar-refractivity contribution in [2.24, 2.45) is 5.92 Å². The van der Waals surface area contributed by atoms with Gasteiger partial charge in [-0.1, -0.05) is 18.1 Å². The Hall–Kier alpha value is -1.70. The van der Waals surface area contributed by atoms with Crippen LogP contribution in [0.2, 0.25) is 0 Å². The van der Waals surface area contributed by atoms with Gasteiger partial charge in [0.2, 0.25) is 0 Å². The van der Waals surface area contributed by atoms with Crippen LogP contribution in [0.4, 0.5) is 4.79 Å². The summed E-state index contributed by atoms with van der Waals surface area (Å²) in [6.45, 7) is 6.80. The highest BCUT2D eigenvalue weighted by atomic mass is 16.6. The fraction of sp³-hybridized carbons (Fsp3) is 0.857. The number of alkyl carbamates (subject to hydrolysis) is 1. The molecule has 0 aliphatic heterocycles. The fourth-order valence-corrected chi connectivity index (χ4v) is 2.73. The number of ether oxygens (including phenoxy) is 1. The van der Waals surface area contributed by atoms with E-state index >= 15 is 0 Å². The van der Waals surface area contributed by atoms with E-state index in [1.807, 2.05) is 20.8 Å². The molecule has 2 rings (SSSR count). The minimum atomic E-state index is -0.465. The Bertz CT molecular complexity index is 456. The van der Waals surface area contributed by atoms with Gasteiger partial charge >= 0.3 is 6.09 Å². The highest BCUT2D eigenvalue weighted by Gasteiger charge is 2.26. The fourth-order valence-electron chi connectivity index (χ4n) is 2.73. The van der Waals surface area contributed by atoms with Crippen molar-refractivity contribution in [3.8, 4) is 0 Å². The lowest BCUT2D eigenvalue weighted by Crippen LogP contribution is -2.44. The van der Waals surface area contributed by atoms with Gasteiger partial charge in [-0.15, -0.1) is 10.2 Å². The standard InChI is InChI=1S/C14H26N6O2/c1-14(2,3)22-13(21)16-8-10-6-4-5-7-11(10)15-9-12-17-19-20-18-12/h10-11,15H,4-9H2,1-3H3,(H,16,21)(H,17,18,19,20). The molecule has 1 aromatic heterocycles. The number of carbonyl (C=O) groups is 1. The van der Waals surface area contributed by atoms with Crippen molar-refractivity contribution in [3.63, 3.8) is 0 Å². The lowest BCUT2D eigenvalue weighted by Gasteiger charge is -2.32. The summed E-state index contributed by atoms with van der Waals surface area (Å²) >= 11 is 0. The van der Waals surface area contributed by atoms with E-state index in [-0.39, 0.29) is 6.09 Å². The molecule has 0 radical (unpaired) electrons. The van der Waals surface area contributed by atoms with Gasteiger partial charge < -0.3 is 15.4 Å². The molecule has 1 aromatic rings. The number of hydrogen-bond donors (Lipinski definition) is 3. The molecule has 0 saturated heterocycles. The van der Waals surface area contributed by atoms with E-state index < -0.39 is 5.60 Å². The lowest BCUT2D eigenvalue weighted by atomic mass is 9.84. The van der Waals surface area contributed by atoms with Crippen molar-refractivity contribution in [2.45, 2.75) is 64.6 Å². The van der Waals surface area contributed by atoms with Crippen LogP contribution in [0.1, 0.15) is 52.3 Å². The summed E-state index contributed by atoms with van der Waals surface area (Å²) in [5.41, 5.74) is -0.465. The second kappa shape index (κ2) is 7.53. The minimum Gasteiger partial charge on any atom is -0.444 e. The number of H-pyrrole nitrogens is 1. The van der Waals surface area contributed by atoms with E-state index in [0.717, 1.165) is 12.8 Å². The Labute approximate surface area is 130 Å². The second-order valence-electron chi connectivity index (χ2n) is 6.74. The maximum absolute atomic E-state index is 11.8. The first-order valence-corrected chi connectivity index (χ1v) is 7.86. The molecule has 1 aliphatic carbocycles. The number of amides is 1. The van der Waals surface area contributed by atoms with Gasteiger partial charge in [0, 0.05) is 12.6 Å². The number of nitrogens with zero attached hydrogens (tertiary/aromatic N) is 3. The molecule has 2 atom stereocenters. The Morgan fingerprint density at radius 3 is 2.82 bits per heavy atom. The van der Waals surface area contributed by atoms with Crippen molar-refractivity contribution in [3.05, 3.63) is 5.82 Å². The number of aromatic nitrogens is 4. The molecule has 1 heterocycles. The number of tetrazole rings is 1. The molecule has 3 N–H and O–H groups in total. The number of rotatable bonds is 5. The molecule has 0 spiro atoms. The third-order valence-corrected chi connectivity index (χ3v) is 3.73. The van der Waals surface area contributed by atoms with Crippen LogP contribution in [0.25, 0.3) is 0 Å². The van der Waals surface area contributed by atoms with Crippen LogP contribution in [0.5, 0.6) is 0 Å². The number of hydrogen-bond acceptors (Lipinski definition) is 6. The molecule has 124 valence electrons. The van der Waals surface area contributed by atoms with E-state index in [9.17, 15) is 4.79 Å². The first-order chi connectivity index (χ1) is 10.4. The highest BCUT2D eigenvalue weighted by Crippen LogP contribution is 2.24. The van der Waals surface area contributed by atoms with Crippen LogP contribution in [0, 0.1) is 5.92 Å².